The van der Waals surface area contributed by atoms with Crippen molar-refractivity contribution in [1.29, 1.82) is 10.8 Å². The Morgan fingerprint density at radius 2 is 0.731 bits per heavy atom. The summed E-state index contributed by atoms with van der Waals surface area (Å²) in [6.07, 6.45) is 1.71. The number of rotatable bonds is 6. The Kier molecular flexibility index (Phi) is 5.13. The smallest absolute Gasteiger partial charge is 0.122 e. The Morgan fingerprint density at radius 3 is 0.962 bits per heavy atom. The fraction of sp³-hybridized carbons (Fsp3) is 0.0909. The number of hydrogen-bond acceptors (Lipinski definition) is 2. The Morgan fingerprint density at radius 1 is 0.500 bits per heavy atom. The van der Waals surface area contributed by atoms with Crippen LogP contribution in [-0.2, 0) is 12.8 Å². The highest BCUT2D eigenvalue weighted by molar-refractivity contribution is 5.95. The highest BCUT2D eigenvalue weighted by Gasteiger charge is 2.02. The van der Waals surface area contributed by atoms with Gasteiger partial charge < -0.3 is 11.5 Å². The normalized spacial score (nSPS) is 10.5. The maximum Gasteiger partial charge on any atom is 0.122 e. The zero-order valence-corrected chi connectivity index (χ0v) is 14.5. The molecule has 0 atom stereocenters. The van der Waals surface area contributed by atoms with Gasteiger partial charge in [0.1, 0.15) is 11.7 Å². The van der Waals surface area contributed by atoms with E-state index in [-0.39, 0.29) is 11.7 Å². The molecular formula is C22H22N4. The van der Waals surface area contributed by atoms with Gasteiger partial charge in [0, 0.05) is 11.1 Å². The summed E-state index contributed by atoms with van der Waals surface area (Å²) in [7, 11) is 0. The summed E-state index contributed by atoms with van der Waals surface area (Å²) < 4.78 is 0. The minimum Gasteiger partial charge on any atom is -0.384 e. The van der Waals surface area contributed by atoms with E-state index >= 15 is 0 Å². The lowest BCUT2D eigenvalue weighted by atomic mass is 9.99. The molecule has 0 heterocycles. The second kappa shape index (κ2) is 7.66. The van der Waals surface area contributed by atoms with E-state index in [1.165, 1.54) is 22.3 Å². The quantitative estimate of drug-likeness (QED) is 0.407. The van der Waals surface area contributed by atoms with Crippen LogP contribution < -0.4 is 11.5 Å². The van der Waals surface area contributed by atoms with E-state index in [9.17, 15) is 0 Å². The number of nitrogen functional groups attached to an aromatic ring is 2. The highest BCUT2D eigenvalue weighted by Crippen LogP contribution is 2.15. The summed E-state index contributed by atoms with van der Waals surface area (Å²) in [5.41, 5.74) is 17.4. The Labute approximate surface area is 153 Å². The third-order valence-electron chi connectivity index (χ3n) is 4.37. The maximum atomic E-state index is 7.44. The molecular weight excluding hydrogens is 320 g/mol. The first-order chi connectivity index (χ1) is 12.5. The predicted molar refractivity (Wildman–Crippen MR) is 107 cm³/mol. The zero-order chi connectivity index (χ0) is 18.5. The highest BCUT2D eigenvalue weighted by atomic mass is 14.7. The molecule has 0 aromatic heterocycles. The van der Waals surface area contributed by atoms with Gasteiger partial charge in [-0.2, -0.15) is 0 Å². The molecule has 6 N–H and O–H groups in total. The number of nitrogens with two attached hydrogens (primary N) is 2. The van der Waals surface area contributed by atoms with Crippen molar-refractivity contribution in [2.45, 2.75) is 12.8 Å². The third-order valence-corrected chi connectivity index (χ3v) is 4.37. The first kappa shape index (κ1) is 17.4. The molecule has 0 radical (unpaired) electrons. The molecule has 0 saturated carbocycles. The number of nitrogens with one attached hydrogen (secondary N) is 2. The molecule has 4 nitrogen and oxygen atoms in total. The van der Waals surface area contributed by atoms with Gasteiger partial charge in [0.15, 0.2) is 0 Å². The van der Waals surface area contributed by atoms with E-state index < -0.39 is 0 Å². The lowest BCUT2D eigenvalue weighted by molar-refractivity contribution is 1.15. The molecule has 0 aliphatic rings. The minimum absolute atomic E-state index is 0.0947. The van der Waals surface area contributed by atoms with Gasteiger partial charge in [-0.1, -0.05) is 72.8 Å². The molecule has 3 aromatic carbocycles. The molecule has 130 valence electrons. The maximum absolute atomic E-state index is 7.44. The van der Waals surface area contributed by atoms with Crippen LogP contribution in [0.4, 0.5) is 0 Å². The molecule has 0 aliphatic carbocycles. The molecule has 0 unspecified atom stereocenters. The van der Waals surface area contributed by atoms with Crippen LogP contribution in [0.25, 0.3) is 0 Å². The van der Waals surface area contributed by atoms with Crippen LogP contribution in [0.1, 0.15) is 33.4 Å². The van der Waals surface area contributed by atoms with Crippen LogP contribution >= 0.6 is 0 Å². The van der Waals surface area contributed by atoms with Crippen LogP contribution in [0.5, 0.6) is 0 Å². The fourth-order valence-electron chi connectivity index (χ4n) is 2.85. The van der Waals surface area contributed by atoms with Gasteiger partial charge in [-0.3, -0.25) is 10.8 Å². The number of amidine groups is 2. The first-order valence-electron chi connectivity index (χ1n) is 8.46. The predicted octanol–water partition coefficient (Wildman–Crippen LogP) is 3.44. The summed E-state index contributed by atoms with van der Waals surface area (Å²) in [5, 5.41) is 14.9. The van der Waals surface area contributed by atoms with Crippen molar-refractivity contribution in [1.82, 2.24) is 0 Å². The van der Waals surface area contributed by atoms with Crippen molar-refractivity contribution >= 4 is 11.7 Å². The average molecular weight is 342 g/mol. The zero-order valence-electron chi connectivity index (χ0n) is 14.5. The van der Waals surface area contributed by atoms with E-state index in [1.807, 2.05) is 48.5 Å². The first-order valence-corrected chi connectivity index (χ1v) is 8.46. The van der Waals surface area contributed by atoms with Crippen LogP contribution in [0.15, 0.2) is 72.8 Å². The molecule has 0 fully saturated rings. The van der Waals surface area contributed by atoms with Crippen molar-refractivity contribution in [2.75, 3.05) is 0 Å². The van der Waals surface area contributed by atoms with Crippen LogP contribution in [0.2, 0.25) is 0 Å². The standard InChI is InChI=1S/C22H22N4/c23-21(24)19-9-5-17(6-10-19)13-15-1-2-16(4-3-15)14-18-7-11-20(12-8-18)22(25)26/h1-12H,13-14H2,(H3,23,24)(H3,25,26). The largest absolute Gasteiger partial charge is 0.384 e. The summed E-state index contributed by atoms with van der Waals surface area (Å²) in [4.78, 5) is 0. The SMILES string of the molecule is N=C(N)c1ccc(Cc2ccc(Cc3ccc(C(=N)N)cc3)cc2)cc1. The summed E-state index contributed by atoms with van der Waals surface area (Å²) in [6.45, 7) is 0. The number of benzene rings is 3. The number of hydrogen-bond donors (Lipinski definition) is 4. The van der Waals surface area contributed by atoms with E-state index in [1.54, 1.807) is 0 Å². The van der Waals surface area contributed by atoms with Crippen molar-refractivity contribution in [3.63, 3.8) is 0 Å². The van der Waals surface area contributed by atoms with Crippen molar-refractivity contribution in [3.8, 4) is 0 Å². The second-order valence-corrected chi connectivity index (χ2v) is 6.39. The van der Waals surface area contributed by atoms with Gasteiger partial charge >= 0.3 is 0 Å². The lowest BCUT2D eigenvalue weighted by Gasteiger charge is -2.07. The molecule has 0 saturated heterocycles. The van der Waals surface area contributed by atoms with E-state index in [2.05, 4.69) is 24.3 Å². The molecule has 0 amide bonds. The van der Waals surface area contributed by atoms with E-state index in [0.29, 0.717) is 0 Å². The van der Waals surface area contributed by atoms with Crippen molar-refractivity contribution in [2.24, 2.45) is 11.5 Å². The van der Waals surface area contributed by atoms with Gasteiger partial charge in [-0.15, -0.1) is 0 Å². The van der Waals surface area contributed by atoms with Crippen LogP contribution in [0, 0.1) is 10.8 Å². The van der Waals surface area contributed by atoms with Crippen molar-refractivity contribution in [3.05, 3.63) is 106 Å². The molecule has 4 heteroatoms. The van der Waals surface area contributed by atoms with Gasteiger partial charge in [0.25, 0.3) is 0 Å². The molecule has 0 aliphatic heterocycles. The third kappa shape index (κ3) is 4.36. The van der Waals surface area contributed by atoms with E-state index in [0.717, 1.165) is 24.0 Å². The summed E-state index contributed by atoms with van der Waals surface area (Å²) in [6, 6.07) is 24.2. The molecule has 26 heavy (non-hydrogen) atoms. The molecule has 0 spiro atoms. The molecule has 0 bridgehead atoms. The average Bonchev–Trinajstić information content (AvgIpc) is 2.64. The van der Waals surface area contributed by atoms with Gasteiger partial charge in [0.2, 0.25) is 0 Å². The molecule has 3 rings (SSSR count). The summed E-state index contributed by atoms with van der Waals surface area (Å²) in [5.74, 6) is 0.189. The van der Waals surface area contributed by atoms with Gasteiger partial charge in [-0.25, -0.2) is 0 Å². The Bertz CT molecular complexity index is 829. The second-order valence-electron chi connectivity index (χ2n) is 6.39. The Balaban J connectivity index is 1.64. The van der Waals surface area contributed by atoms with Gasteiger partial charge in [-0.05, 0) is 35.1 Å². The van der Waals surface area contributed by atoms with Crippen molar-refractivity contribution < 1.29 is 0 Å². The monoisotopic (exact) mass is 342 g/mol. The topological polar surface area (TPSA) is 99.7 Å². The van der Waals surface area contributed by atoms with E-state index in [4.69, 9.17) is 22.3 Å². The lowest BCUT2D eigenvalue weighted by Crippen LogP contribution is -2.10. The molecule has 3 aromatic rings. The minimum atomic E-state index is 0.0947. The van der Waals surface area contributed by atoms with Gasteiger partial charge in [0.05, 0.1) is 0 Å². The Hall–Kier alpha value is -3.40. The summed E-state index contributed by atoms with van der Waals surface area (Å²) >= 11 is 0. The van der Waals surface area contributed by atoms with Crippen LogP contribution in [-0.4, -0.2) is 11.7 Å². The fourth-order valence-corrected chi connectivity index (χ4v) is 2.85. The van der Waals surface area contributed by atoms with Crippen LogP contribution in [0.3, 0.4) is 0 Å².